The minimum Gasteiger partial charge on any atom is -0.397 e. The molecule has 1 aromatic rings. The van der Waals surface area contributed by atoms with Crippen LogP contribution in [0.5, 0.6) is 0 Å². The third-order valence-corrected chi connectivity index (χ3v) is 4.62. The van der Waals surface area contributed by atoms with E-state index in [1.54, 1.807) is 0 Å². The lowest BCUT2D eigenvalue weighted by Gasteiger charge is -2.31. The second kappa shape index (κ2) is 5.22. The van der Waals surface area contributed by atoms with E-state index >= 15 is 0 Å². The Morgan fingerprint density at radius 1 is 1.33 bits per heavy atom. The zero-order chi connectivity index (χ0) is 15.0. The fraction of sp³-hybridized carbons (Fsp3) is 0.562. The standard InChI is InChI=1S/C16H23N3O2/c1-19(10-16(21)6-2-3-7-16)14-9-13-11(8-12(14)17)4-5-15(20)18-13/h8-9,21H,2-7,10,17H2,1H3,(H,18,20). The minimum absolute atomic E-state index is 0.0512. The number of benzene rings is 1. The van der Waals surface area contributed by atoms with Crippen LogP contribution in [0.2, 0.25) is 0 Å². The van der Waals surface area contributed by atoms with Gasteiger partial charge in [-0.15, -0.1) is 0 Å². The lowest BCUT2D eigenvalue weighted by Crippen LogP contribution is -2.39. The Bertz CT molecular complexity index is 565. The molecular formula is C16H23N3O2. The summed E-state index contributed by atoms with van der Waals surface area (Å²) in [7, 11) is 1.94. The van der Waals surface area contributed by atoms with Crippen molar-refractivity contribution < 1.29 is 9.90 Å². The molecule has 0 atom stereocenters. The van der Waals surface area contributed by atoms with E-state index < -0.39 is 5.60 Å². The number of carbonyl (C=O) groups excluding carboxylic acids is 1. The second-order valence-electron chi connectivity index (χ2n) is 6.40. The fourth-order valence-corrected chi connectivity index (χ4v) is 3.48. The highest BCUT2D eigenvalue weighted by molar-refractivity contribution is 5.95. The Kier molecular flexibility index (Phi) is 3.53. The molecule has 114 valence electrons. The molecule has 1 fully saturated rings. The van der Waals surface area contributed by atoms with Crippen LogP contribution in [-0.2, 0) is 11.2 Å². The minimum atomic E-state index is -0.611. The first-order valence-electron chi connectivity index (χ1n) is 7.63. The number of rotatable bonds is 3. The van der Waals surface area contributed by atoms with Gasteiger partial charge in [0.05, 0.1) is 17.0 Å². The smallest absolute Gasteiger partial charge is 0.224 e. The van der Waals surface area contributed by atoms with E-state index in [0.717, 1.165) is 49.0 Å². The zero-order valence-electron chi connectivity index (χ0n) is 12.5. The molecule has 1 amide bonds. The number of carbonyl (C=O) groups is 1. The molecule has 5 nitrogen and oxygen atoms in total. The Hall–Kier alpha value is -1.75. The first-order valence-corrected chi connectivity index (χ1v) is 7.63. The summed E-state index contributed by atoms with van der Waals surface area (Å²) in [5, 5.41) is 13.4. The number of nitrogens with one attached hydrogen (secondary N) is 1. The van der Waals surface area contributed by atoms with Crippen LogP contribution in [0.4, 0.5) is 17.1 Å². The molecular weight excluding hydrogens is 266 g/mol. The summed E-state index contributed by atoms with van der Waals surface area (Å²) in [6, 6.07) is 3.87. The highest BCUT2D eigenvalue weighted by Crippen LogP contribution is 2.36. The number of nitrogens with two attached hydrogens (primary N) is 1. The van der Waals surface area contributed by atoms with Gasteiger partial charge in [0.2, 0.25) is 5.91 Å². The molecule has 1 aromatic carbocycles. The maximum Gasteiger partial charge on any atom is 0.224 e. The SMILES string of the molecule is CN(CC1(O)CCCC1)c1cc2c(cc1N)CCC(=O)N2. The number of aryl methyl sites for hydroxylation is 1. The molecule has 5 heteroatoms. The monoisotopic (exact) mass is 289 g/mol. The quantitative estimate of drug-likeness (QED) is 0.743. The van der Waals surface area contributed by atoms with Gasteiger partial charge < -0.3 is 21.1 Å². The number of likely N-dealkylation sites (N-methyl/N-ethyl adjacent to an activating group) is 1. The van der Waals surface area contributed by atoms with Gasteiger partial charge in [-0.05, 0) is 37.0 Å². The summed E-state index contributed by atoms with van der Waals surface area (Å²) in [6.45, 7) is 0.573. The lowest BCUT2D eigenvalue weighted by atomic mass is 9.99. The molecule has 0 unspecified atom stereocenters. The van der Waals surface area contributed by atoms with Crippen LogP contribution in [-0.4, -0.2) is 30.2 Å². The second-order valence-corrected chi connectivity index (χ2v) is 6.40. The molecule has 4 N–H and O–H groups in total. The molecule has 2 aliphatic rings. The van der Waals surface area contributed by atoms with Crippen LogP contribution in [0, 0.1) is 0 Å². The number of fused-ring (bicyclic) bond motifs is 1. The highest BCUT2D eigenvalue weighted by atomic mass is 16.3. The highest BCUT2D eigenvalue weighted by Gasteiger charge is 2.32. The molecule has 0 bridgehead atoms. The molecule has 0 spiro atoms. The summed E-state index contributed by atoms with van der Waals surface area (Å²) in [5.74, 6) is 0.0512. The fourth-order valence-electron chi connectivity index (χ4n) is 3.48. The van der Waals surface area contributed by atoms with E-state index in [-0.39, 0.29) is 5.91 Å². The topological polar surface area (TPSA) is 78.6 Å². The lowest BCUT2D eigenvalue weighted by molar-refractivity contribution is -0.116. The third-order valence-electron chi connectivity index (χ3n) is 4.62. The predicted molar refractivity (Wildman–Crippen MR) is 84.5 cm³/mol. The van der Waals surface area contributed by atoms with E-state index in [1.807, 2.05) is 24.1 Å². The maximum absolute atomic E-state index is 11.5. The van der Waals surface area contributed by atoms with Gasteiger partial charge in [0, 0.05) is 25.7 Å². The summed E-state index contributed by atoms with van der Waals surface area (Å²) in [5.41, 5.74) is 9.06. The molecule has 1 aliphatic carbocycles. The number of anilines is 3. The summed E-state index contributed by atoms with van der Waals surface area (Å²) in [4.78, 5) is 13.5. The van der Waals surface area contributed by atoms with Crippen LogP contribution in [0.15, 0.2) is 12.1 Å². The first-order chi connectivity index (χ1) is 9.97. The van der Waals surface area contributed by atoms with E-state index in [0.29, 0.717) is 18.7 Å². The van der Waals surface area contributed by atoms with Crippen molar-refractivity contribution in [3.63, 3.8) is 0 Å². The molecule has 1 heterocycles. The molecule has 21 heavy (non-hydrogen) atoms. The van der Waals surface area contributed by atoms with E-state index in [4.69, 9.17) is 5.73 Å². The van der Waals surface area contributed by atoms with Crippen molar-refractivity contribution in [1.29, 1.82) is 0 Å². The number of hydrogen-bond acceptors (Lipinski definition) is 4. The van der Waals surface area contributed by atoms with Gasteiger partial charge in [-0.25, -0.2) is 0 Å². The van der Waals surface area contributed by atoms with Crippen LogP contribution in [0.1, 0.15) is 37.7 Å². The number of aliphatic hydroxyl groups is 1. The number of nitrogens with zero attached hydrogens (tertiary/aromatic N) is 1. The third kappa shape index (κ3) is 2.83. The summed E-state index contributed by atoms with van der Waals surface area (Å²) >= 11 is 0. The summed E-state index contributed by atoms with van der Waals surface area (Å²) in [6.07, 6.45) is 5.11. The van der Waals surface area contributed by atoms with Gasteiger partial charge >= 0.3 is 0 Å². The van der Waals surface area contributed by atoms with Gasteiger partial charge in [0.25, 0.3) is 0 Å². The van der Waals surface area contributed by atoms with Crippen molar-refractivity contribution >= 4 is 23.0 Å². The zero-order valence-corrected chi connectivity index (χ0v) is 12.5. The molecule has 0 radical (unpaired) electrons. The van der Waals surface area contributed by atoms with Crippen molar-refractivity contribution in [2.24, 2.45) is 0 Å². The van der Waals surface area contributed by atoms with Crippen LogP contribution in [0.3, 0.4) is 0 Å². The number of amides is 1. The van der Waals surface area contributed by atoms with Crippen LogP contribution >= 0.6 is 0 Å². The van der Waals surface area contributed by atoms with Crippen molar-refractivity contribution in [3.05, 3.63) is 17.7 Å². The van der Waals surface area contributed by atoms with Gasteiger partial charge in [-0.2, -0.15) is 0 Å². The van der Waals surface area contributed by atoms with E-state index in [9.17, 15) is 9.90 Å². The van der Waals surface area contributed by atoms with Gasteiger partial charge in [-0.3, -0.25) is 4.79 Å². The molecule has 0 saturated heterocycles. The van der Waals surface area contributed by atoms with Crippen molar-refractivity contribution in [2.45, 2.75) is 44.1 Å². The molecule has 1 aliphatic heterocycles. The van der Waals surface area contributed by atoms with Gasteiger partial charge in [0.15, 0.2) is 0 Å². The van der Waals surface area contributed by atoms with Gasteiger partial charge in [0.1, 0.15) is 0 Å². The molecule has 3 rings (SSSR count). The molecule has 1 saturated carbocycles. The number of nitrogen functional groups attached to an aromatic ring is 1. The summed E-state index contributed by atoms with van der Waals surface area (Å²) < 4.78 is 0. The molecule has 0 aromatic heterocycles. The van der Waals surface area contributed by atoms with E-state index in [1.165, 1.54) is 0 Å². The Morgan fingerprint density at radius 2 is 2.05 bits per heavy atom. The largest absolute Gasteiger partial charge is 0.397 e. The van der Waals surface area contributed by atoms with Crippen LogP contribution < -0.4 is 16.0 Å². The van der Waals surface area contributed by atoms with Gasteiger partial charge in [-0.1, -0.05) is 12.8 Å². The Balaban J connectivity index is 1.84. The number of hydrogen-bond donors (Lipinski definition) is 3. The van der Waals surface area contributed by atoms with Crippen molar-refractivity contribution in [2.75, 3.05) is 29.5 Å². The van der Waals surface area contributed by atoms with Crippen LogP contribution in [0.25, 0.3) is 0 Å². The predicted octanol–water partition coefficient (Wildman–Crippen LogP) is 1.89. The van der Waals surface area contributed by atoms with Crippen molar-refractivity contribution in [1.82, 2.24) is 0 Å². The van der Waals surface area contributed by atoms with Crippen molar-refractivity contribution in [3.8, 4) is 0 Å². The van der Waals surface area contributed by atoms with E-state index in [2.05, 4.69) is 5.32 Å². The normalized spacial score (nSPS) is 20.0. The average molecular weight is 289 g/mol. The average Bonchev–Trinajstić information content (AvgIpc) is 2.84. The Morgan fingerprint density at radius 3 is 2.76 bits per heavy atom. The first kappa shape index (κ1) is 14.2. The Labute approximate surface area is 125 Å². The maximum atomic E-state index is 11.5.